The number of aliphatic hydroxyl groups is 1. The lowest BCUT2D eigenvalue weighted by molar-refractivity contribution is 0.0281. The number of hydrogen-bond donors (Lipinski definition) is 2. The fourth-order valence-electron chi connectivity index (χ4n) is 3.61. The maximum Gasteiger partial charge on any atom is 0.133 e. The van der Waals surface area contributed by atoms with Crippen LogP contribution in [-0.4, -0.2) is 22.2 Å². The summed E-state index contributed by atoms with van der Waals surface area (Å²) in [6, 6.07) is 10.2. The van der Waals surface area contributed by atoms with Crippen molar-refractivity contribution in [2.45, 2.75) is 39.2 Å². The SMILES string of the molecule is COc1ccc2cc(C(O)(c3cnc[nH]3)C(C)C)ccc2c1C(C)C. The van der Waals surface area contributed by atoms with Crippen molar-refractivity contribution in [3.05, 3.63) is 59.7 Å². The van der Waals surface area contributed by atoms with Gasteiger partial charge in [-0.25, -0.2) is 4.98 Å². The highest BCUT2D eigenvalue weighted by molar-refractivity contribution is 5.89. The Balaban J connectivity index is 2.22. The highest BCUT2D eigenvalue weighted by Gasteiger charge is 2.36. The van der Waals surface area contributed by atoms with Crippen LogP contribution in [0.4, 0.5) is 0 Å². The standard InChI is InChI=1S/C21H26N2O2/c1-13(2)20-17-8-7-16(10-15(17)6-9-18(20)25-5)21(24,14(3)4)19-11-22-12-23-19/h6-14,24H,1-5H3,(H,22,23). The fraction of sp³-hybridized carbons (Fsp3) is 0.381. The average Bonchev–Trinajstić information content (AvgIpc) is 3.14. The van der Waals surface area contributed by atoms with Crippen LogP contribution in [0.15, 0.2) is 42.9 Å². The third-order valence-electron chi connectivity index (χ3n) is 5.00. The van der Waals surface area contributed by atoms with E-state index in [0.717, 1.165) is 22.1 Å². The Labute approximate surface area is 148 Å². The topological polar surface area (TPSA) is 58.1 Å². The molecule has 0 saturated heterocycles. The predicted octanol–water partition coefficient (Wildman–Crippen LogP) is 4.59. The summed E-state index contributed by atoms with van der Waals surface area (Å²) in [6.07, 6.45) is 3.29. The summed E-state index contributed by atoms with van der Waals surface area (Å²) in [7, 11) is 1.71. The molecule has 2 aromatic carbocycles. The van der Waals surface area contributed by atoms with Crippen molar-refractivity contribution >= 4 is 10.8 Å². The highest BCUT2D eigenvalue weighted by Crippen LogP contribution is 2.39. The fourth-order valence-corrected chi connectivity index (χ4v) is 3.61. The number of imidazole rings is 1. The summed E-state index contributed by atoms with van der Waals surface area (Å²) in [5, 5.41) is 13.7. The minimum atomic E-state index is -1.11. The van der Waals surface area contributed by atoms with Gasteiger partial charge in [0.05, 0.1) is 25.3 Å². The molecule has 0 fully saturated rings. The number of aromatic amines is 1. The van der Waals surface area contributed by atoms with E-state index in [1.165, 1.54) is 5.56 Å². The minimum Gasteiger partial charge on any atom is -0.496 e. The van der Waals surface area contributed by atoms with Gasteiger partial charge in [0.2, 0.25) is 0 Å². The van der Waals surface area contributed by atoms with Gasteiger partial charge in [-0.3, -0.25) is 0 Å². The second-order valence-electron chi connectivity index (χ2n) is 7.16. The summed E-state index contributed by atoms with van der Waals surface area (Å²) in [4.78, 5) is 7.16. The molecule has 0 aliphatic rings. The molecule has 25 heavy (non-hydrogen) atoms. The Morgan fingerprint density at radius 2 is 1.88 bits per heavy atom. The lowest BCUT2D eigenvalue weighted by atomic mass is 9.80. The molecule has 1 atom stereocenters. The van der Waals surface area contributed by atoms with Gasteiger partial charge in [-0.1, -0.05) is 45.9 Å². The Morgan fingerprint density at radius 3 is 2.44 bits per heavy atom. The van der Waals surface area contributed by atoms with Gasteiger partial charge in [0.1, 0.15) is 11.4 Å². The largest absolute Gasteiger partial charge is 0.496 e. The number of aromatic nitrogens is 2. The van der Waals surface area contributed by atoms with E-state index in [2.05, 4.69) is 42.0 Å². The molecule has 0 saturated carbocycles. The van der Waals surface area contributed by atoms with Crippen LogP contribution in [0, 0.1) is 5.92 Å². The second kappa shape index (κ2) is 6.52. The molecule has 1 heterocycles. The molecule has 132 valence electrons. The zero-order valence-corrected chi connectivity index (χ0v) is 15.5. The molecule has 0 radical (unpaired) electrons. The zero-order chi connectivity index (χ0) is 18.2. The first kappa shape index (κ1) is 17.5. The van der Waals surface area contributed by atoms with Crippen molar-refractivity contribution in [2.75, 3.05) is 7.11 Å². The molecule has 3 aromatic rings. The number of H-pyrrole nitrogens is 1. The van der Waals surface area contributed by atoms with Crippen LogP contribution in [0.2, 0.25) is 0 Å². The molecule has 1 unspecified atom stereocenters. The van der Waals surface area contributed by atoms with Crippen LogP contribution >= 0.6 is 0 Å². The van der Waals surface area contributed by atoms with E-state index in [1.807, 2.05) is 26.0 Å². The number of hydrogen-bond acceptors (Lipinski definition) is 3. The van der Waals surface area contributed by atoms with Crippen LogP contribution < -0.4 is 4.74 Å². The van der Waals surface area contributed by atoms with Gasteiger partial charge in [-0.05, 0) is 40.3 Å². The highest BCUT2D eigenvalue weighted by atomic mass is 16.5. The monoisotopic (exact) mass is 338 g/mol. The number of rotatable bonds is 5. The molecular weight excluding hydrogens is 312 g/mol. The lowest BCUT2D eigenvalue weighted by Crippen LogP contribution is -2.33. The third-order valence-corrected chi connectivity index (χ3v) is 5.00. The molecule has 4 heteroatoms. The van der Waals surface area contributed by atoms with Crippen LogP contribution in [0.1, 0.15) is 50.4 Å². The minimum absolute atomic E-state index is 0.00628. The first-order chi connectivity index (χ1) is 11.9. The number of nitrogens with zero attached hydrogens (tertiary/aromatic N) is 1. The van der Waals surface area contributed by atoms with Crippen molar-refractivity contribution in [1.29, 1.82) is 0 Å². The third kappa shape index (κ3) is 2.81. The van der Waals surface area contributed by atoms with Crippen molar-refractivity contribution in [1.82, 2.24) is 9.97 Å². The molecule has 0 aliphatic heterocycles. The van der Waals surface area contributed by atoms with Crippen LogP contribution in [0.5, 0.6) is 5.75 Å². The van der Waals surface area contributed by atoms with Crippen LogP contribution in [-0.2, 0) is 5.60 Å². The number of methoxy groups -OCH3 is 1. The predicted molar refractivity (Wildman–Crippen MR) is 101 cm³/mol. The van der Waals surface area contributed by atoms with Crippen LogP contribution in [0.3, 0.4) is 0 Å². The van der Waals surface area contributed by atoms with E-state index in [4.69, 9.17) is 4.74 Å². The van der Waals surface area contributed by atoms with Gasteiger partial charge in [0.15, 0.2) is 0 Å². The van der Waals surface area contributed by atoms with Gasteiger partial charge in [0, 0.05) is 5.56 Å². The first-order valence-corrected chi connectivity index (χ1v) is 8.72. The number of ether oxygens (including phenoxy) is 1. The first-order valence-electron chi connectivity index (χ1n) is 8.72. The van der Waals surface area contributed by atoms with E-state index >= 15 is 0 Å². The van der Waals surface area contributed by atoms with E-state index in [0.29, 0.717) is 11.6 Å². The summed E-state index contributed by atoms with van der Waals surface area (Å²) in [5.74, 6) is 1.25. The van der Waals surface area contributed by atoms with E-state index < -0.39 is 5.60 Å². The van der Waals surface area contributed by atoms with Crippen LogP contribution in [0.25, 0.3) is 10.8 Å². The van der Waals surface area contributed by atoms with Gasteiger partial charge >= 0.3 is 0 Å². The average molecular weight is 338 g/mol. The van der Waals surface area contributed by atoms with Crippen molar-refractivity contribution in [2.24, 2.45) is 5.92 Å². The molecule has 1 aromatic heterocycles. The smallest absolute Gasteiger partial charge is 0.133 e. The molecule has 2 N–H and O–H groups in total. The Bertz CT molecular complexity index is 869. The van der Waals surface area contributed by atoms with Crippen molar-refractivity contribution in [3.63, 3.8) is 0 Å². The van der Waals surface area contributed by atoms with Gasteiger partial charge in [0.25, 0.3) is 0 Å². The lowest BCUT2D eigenvalue weighted by Gasteiger charge is -2.32. The Morgan fingerprint density at radius 1 is 1.12 bits per heavy atom. The molecule has 4 nitrogen and oxygen atoms in total. The maximum atomic E-state index is 11.5. The molecular formula is C21H26N2O2. The molecule has 3 rings (SSSR count). The molecule has 0 spiro atoms. The Hall–Kier alpha value is -2.33. The number of benzene rings is 2. The summed E-state index contributed by atoms with van der Waals surface area (Å²) in [6.45, 7) is 8.36. The Kier molecular flexibility index (Phi) is 4.56. The van der Waals surface area contributed by atoms with Gasteiger partial charge < -0.3 is 14.8 Å². The molecule has 0 aliphatic carbocycles. The number of nitrogens with one attached hydrogen (secondary N) is 1. The van der Waals surface area contributed by atoms with E-state index in [-0.39, 0.29) is 5.92 Å². The van der Waals surface area contributed by atoms with Gasteiger partial charge in [-0.2, -0.15) is 0 Å². The van der Waals surface area contributed by atoms with E-state index in [1.54, 1.807) is 19.6 Å². The quantitative estimate of drug-likeness (QED) is 0.715. The van der Waals surface area contributed by atoms with Crippen molar-refractivity contribution < 1.29 is 9.84 Å². The van der Waals surface area contributed by atoms with Gasteiger partial charge in [-0.15, -0.1) is 0 Å². The molecule has 0 bridgehead atoms. The van der Waals surface area contributed by atoms with Crippen molar-refractivity contribution in [3.8, 4) is 5.75 Å². The van der Waals surface area contributed by atoms with E-state index in [9.17, 15) is 5.11 Å². The maximum absolute atomic E-state index is 11.5. The second-order valence-corrected chi connectivity index (χ2v) is 7.16. The summed E-state index contributed by atoms with van der Waals surface area (Å²) < 4.78 is 5.55. The summed E-state index contributed by atoms with van der Waals surface area (Å²) in [5.41, 5.74) is 1.66. The normalized spacial score (nSPS) is 14.2. The summed E-state index contributed by atoms with van der Waals surface area (Å²) >= 11 is 0. The zero-order valence-electron chi connectivity index (χ0n) is 15.5. The number of fused-ring (bicyclic) bond motifs is 1. The molecule has 0 amide bonds.